The van der Waals surface area contributed by atoms with Gasteiger partial charge in [0.1, 0.15) is 16.1 Å². The van der Waals surface area contributed by atoms with Crippen LogP contribution in [0.5, 0.6) is 11.5 Å². The van der Waals surface area contributed by atoms with E-state index in [0.717, 1.165) is 24.0 Å². The first kappa shape index (κ1) is 26.0. The number of thiazole rings is 1. The molecule has 0 fully saturated rings. The Hall–Kier alpha value is -3.59. The third-order valence-electron chi connectivity index (χ3n) is 5.67. The summed E-state index contributed by atoms with van der Waals surface area (Å²) in [5.41, 5.74) is 1.42. The molecule has 38 heavy (non-hydrogen) atoms. The number of aromatic nitrogens is 3. The summed E-state index contributed by atoms with van der Waals surface area (Å²) in [5.74, 6) is 2.95. The van der Waals surface area contributed by atoms with Gasteiger partial charge in [-0.2, -0.15) is 9.50 Å². The maximum Gasteiger partial charge on any atom is 0.291 e. The first-order valence-corrected chi connectivity index (χ1v) is 13.5. The zero-order valence-electron chi connectivity index (χ0n) is 20.6. The number of halogens is 2. The summed E-state index contributed by atoms with van der Waals surface area (Å²) in [6, 6.07) is 14.6. The van der Waals surface area contributed by atoms with Crippen LogP contribution < -0.4 is 19.6 Å². The van der Waals surface area contributed by atoms with E-state index in [2.05, 4.69) is 17.0 Å². The molecule has 2 aromatic carbocycles. The molecule has 0 saturated heterocycles. The molecule has 0 radical (unpaired) electrons. The Morgan fingerprint density at radius 2 is 1.92 bits per heavy atom. The van der Waals surface area contributed by atoms with Gasteiger partial charge in [0.25, 0.3) is 5.56 Å². The fourth-order valence-electron chi connectivity index (χ4n) is 3.69. The lowest BCUT2D eigenvalue weighted by Crippen LogP contribution is -2.23. The largest absolute Gasteiger partial charge is 0.493 e. The minimum atomic E-state index is -0.264. The molecule has 0 amide bonds. The van der Waals surface area contributed by atoms with Gasteiger partial charge >= 0.3 is 0 Å². The Bertz CT molecular complexity index is 1740. The molecule has 5 rings (SSSR count). The summed E-state index contributed by atoms with van der Waals surface area (Å²) in [4.78, 5) is 17.9. The number of unbranched alkanes of at least 4 members (excludes halogenated alkanes) is 1. The van der Waals surface area contributed by atoms with Gasteiger partial charge in [-0.1, -0.05) is 60.0 Å². The van der Waals surface area contributed by atoms with Crippen LogP contribution in [0.25, 0.3) is 34.5 Å². The van der Waals surface area contributed by atoms with E-state index in [9.17, 15) is 4.79 Å². The van der Waals surface area contributed by atoms with Crippen molar-refractivity contribution in [1.29, 1.82) is 0 Å². The summed E-state index contributed by atoms with van der Waals surface area (Å²) >= 11 is 13.3. The molecular formula is C28H23Cl2N3O4S. The topological polar surface area (TPSA) is 78.9 Å². The van der Waals surface area contributed by atoms with Crippen molar-refractivity contribution in [3.63, 3.8) is 0 Å². The first-order valence-electron chi connectivity index (χ1n) is 11.9. The number of rotatable bonds is 9. The first-order chi connectivity index (χ1) is 18.4. The van der Waals surface area contributed by atoms with Crippen LogP contribution >= 0.6 is 34.5 Å². The Morgan fingerprint density at radius 1 is 1.05 bits per heavy atom. The fourth-order valence-corrected chi connectivity index (χ4v) is 4.88. The monoisotopic (exact) mass is 567 g/mol. The molecule has 0 unspecified atom stereocenters. The van der Waals surface area contributed by atoms with Crippen molar-refractivity contribution in [2.75, 3.05) is 13.7 Å². The van der Waals surface area contributed by atoms with E-state index in [0.29, 0.717) is 55.0 Å². The molecule has 0 aliphatic rings. The van der Waals surface area contributed by atoms with E-state index in [1.165, 1.54) is 15.9 Å². The summed E-state index contributed by atoms with van der Waals surface area (Å²) < 4.78 is 18.9. The number of hydrogen-bond acceptors (Lipinski definition) is 7. The molecular weight excluding hydrogens is 545 g/mol. The van der Waals surface area contributed by atoms with Crippen molar-refractivity contribution < 1.29 is 13.9 Å². The molecule has 10 heteroatoms. The van der Waals surface area contributed by atoms with Crippen LogP contribution in [0.1, 0.15) is 36.9 Å². The number of benzene rings is 2. The highest BCUT2D eigenvalue weighted by atomic mass is 35.5. The van der Waals surface area contributed by atoms with Crippen LogP contribution in [-0.4, -0.2) is 28.3 Å². The Morgan fingerprint density at radius 3 is 2.68 bits per heavy atom. The van der Waals surface area contributed by atoms with Gasteiger partial charge in [0.05, 0.1) is 23.8 Å². The average molecular weight is 568 g/mol. The van der Waals surface area contributed by atoms with Crippen molar-refractivity contribution >= 4 is 57.7 Å². The molecule has 5 aromatic rings. The van der Waals surface area contributed by atoms with E-state index in [1.807, 2.05) is 36.4 Å². The van der Waals surface area contributed by atoms with Crippen molar-refractivity contribution in [3.8, 4) is 22.8 Å². The van der Waals surface area contributed by atoms with Crippen LogP contribution in [0, 0.1) is 0 Å². The van der Waals surface area contributed by atoms with Crippen LogP contribution in [0.2, 0.25) is 10.0 Å². The number of furan rings is 1. The Balaban J connectivity index is 1.35. The summed E-state index contributed by atoms with van der Waals surface area (Å²) in [5, 5.41) is 5.26. The predicted octanol–water partition coefficient (Wildman–Crippen LogP) is 6.62. The van der Waals surface area contributed by atoms with Crippen LogP contribution in [0.3, 0.4) is 0 Å². The second-order valence-electron chi connectivity index (χ2n) is 8.36. The van der Waals surface area contributed by atoms with E-state index >= 15 is 0 Å². The van der Waals surface area contributed by atoms with Gasteiger partial charge in [0.15, 0.2) is 17.3 Å². The third-order valence-corrected chi connectivity index (χ3v) is 7.37. The number of nitrogens with zero attached hydrogens (tertiary/aromatic N) is 3. The third kappa shape index (κ3) is 5.62. The zero-order chi connectivity index (χ0) is 26.6. The molecule has 0 N–H and O–H groups in total. The summed E-state index contributed by atoms with van der Waals surface area (Å²) in [6.07, 6.45) is 7.34. The number of hydrogen-bond donors (Lipinski definition) is 0. The number of fused-ring (bicyclic) bond motifs is 1. The molecule has 7 nitrogen and oxygen atoms in total. The molecule has 0 spiro atoms. The maximum absolute atomic E-state index is 12.9. The molecule has 0 bridgehead atoms. The maximum atomic E-state index is 12.9. The molecule has 0 saturated carbocycles. The summed E-state index contributed by atoms with van der Waals surface area (Å²) in [7, 11) is 1.61. The van der Waals surface area contributed by atoms with Gasteiger partial charge in [0.2, 0.25) is 4.96 Å². The highest BCUT2D eigenvalue weighted by Gasteiger charge is 2.11. The number of ether oxygens (including phenoxy) is 2. The van der Waals surface area contributed by atoms with Crippen LogP contribution in [-0.2, 0) is 0 Å². The lowest BCUT2D eigenvalue weighted by Gasteiger charge is -2.10. The van der Waals surface area contributed by atoms with Crippen molar-refractivity contribution in [2.45, 2.75) is 19.8 Å². The standard InChI is InChI=1S/C28H23Cl2N3O4S/c1-3-4-13-36-23-10-5-17(14-24(23)35-2)6-12-26-31-28-33(32-26)27(34)25(38-28)16-19-8-11-22(37-19)18-7-9-20(29)21(30)15-18/h5-12,14-16H,3-4,13H2,1-2H3/b12-6+,25-16-. The second kappa shape index (κ2) is 11.4. The van der Waals surface area contributed by atoms with Crippen LogP contribution in [0.4, 0.5) is 0 Å². The van der Waals surface area contributed by atoms with Gasteiger partial charge in [-0.15, -0.1) is 5.10 Å². The lowest BCUT2D eigenvalue weighted by molar-refractivity contribution is 0.288. The van der Waals surface area contributed by atoms with Crippen molar-refractivity contribution in [2.24, 2.45) is 0 Å². The molecule has 0 aliphatic heterocycles. The van der Waals surface area contributed by atoms with E-state index < -0.39 is 0 Å². The zero-order valence-corrected chi connectivity index (χ0v) is 22.9. The van der Waals surface area contributed by atoms with Crippen molar-refractivity contribution in [1.82, 2.24) is 14.6 Å². The Labute approximate surface area is 232 Å². The van der Waals surface area contributed by atoms with Gasteiger partial charge in [-0.05, 0) is 60.5 Å². The minimum absolute atomic E-state index is 0.264. The van der Waals surface area contributed by atoms with Gasteiger partial charge in [-0.25, -0.2) is 0 Å². The lowest BCUT2D eigenvalue weighted by atomic mass is 10.2. The number of methoxy groups -OCH3 is 1. The van der Waals surface area contributed by atoms with Gasteiger partial charge < -0.3 is 13.9 Å². The molecule has 0 aliphatic carbocycles. The molecule has 194 valence electrons. The smallest absolute Gasteiger partial charge is 0.291 e. The van der Waals surface area contributed by atoms with E-state index in [4.69, 9.17) is 37.1 Å². The highest BCUT2D eigenvalue weighted by molar-refractivity contribution is 7.15. The van der Waals surface area contributed by atoms with E-state index in [1.54, 1.807) is 37.5 Å². The van der Waals surface area contributed by atoms with Crippen LogP contribution in [0.15, 0.2) is 57.7 Å². The SMILES string of the molecule is CCCCOc1ccc(/C=C/c2nc3s/c(=C\c4ccc(-c5ccc(Cl)c(Cl)c5)o4)c(=O)n3n2)cc1OC. The molecule has 3 aromatic heterocycles. The molecule has 0 atom stereocenters. The quantitative estimate of drug-likeness (QED) is 0.186. The normalized spacial score (nSPS) is 12.2. The van der Waals surface area contributed by atoms with E-state index in [-0.39, 0.29) is 5.56 Å². The van der Waals surface area contributed by atoms with Gasteiger partial charge in [0, 0.05) is 11.6 Å². The fraction of sp³-hybridized carbons (Fsp3) is 0.179. The van der Waals surface area contributed by atoms with Gasteiger partial charge in [-0.3, -0.25) is 4.79 Å². The van der Waals surface area contributed by atoms with Crippen molar-refractivity contribution in [3.05, 3.63) is 90.6 Å². The predicted molar refractivity (Wildman–Crippen MR) is 152 cm³/mol. The second-order valence-corrected chi connectivity index (χ2v) is 10.2. The average Bonchev–Trinajstić information content (AvgIpc) is 3.62. The Kier molecular flexibility index (Phi) is 7.83. The highest BCUT2D eigenvalue weighted by Crippen LogP contribution is 2.30. The minimum Gasteiger partial charge on any atom is -0.493 e. The summed E-state index contributed by atoms with van der Waals surface area (Å²) in [6.45, 7) is 2.76. The molecule has 3 heterocycles.